The summed E-state index contributed by atoms with van der Waals surface area (Å²) in [7, 11) is -1.94. The SMILES string of the molecule is CC(C)(C)[Si](C)(C)O[C@@H]1CO[C@H](c2cccnc2)[C@@H]1CCC(=O)O. The number of aromatic nitrogens is 1. The topological polar surface area (TPSA) is 68.7 Å². The van der Waals surface area contributed by atoms with Crippen LogP contribution in [0, 0.1) is 5.92 Å². The number of carboxylic acid groups (broad SMARTS) is 1. The molecular weight excluding hydrogens is 322 g/mol. The lowest BCUT2D eigenvalue weighted by Gasteiger charge is -2.39. The van der Waals surface area contributed by atoms with Crippen molar-refractivity contribution in [1.29, 1.82) is 0 Å². The van der Waals surface area contributed by atoms with E-state index in [0.717, 1.165) is 5.56 Å². The fourth-order valence-electron chi connectivity index (χ4n) is 2.83. The van der Waals surface area contributed by atoms with Crippen LogP contribution < -0.4 is 0 Å². The first kappa shape index (κ1) is 19.1. The molecule has 1 aliphatic rings. The molecule has 1 aromatic heterocycles. The summed E-state index contributed by atoms with van der Waals surface area (Å²) in [5.41, 5.74) is 0.995. The van der Waals surface area contributed by atoms with Gasteiger partial charge in [-0.05, 0) is 36.2 Å². The molecule has 1 aliphatic heterocycles. The highest BCUT2D eigenvalue weighted by Gasteiger charge is 2.45. The maximum Gasteiger partial charge on any atom is 0.303 e. The van der Waals surface area contributed by atoms with Crippen LogP contribution in [0.2, 0.25) is 18.1 Å². The fraction of sp³-hybridized carbons (Fsp3) is 0.667. The van der Waals surface area contributed by atoms with E-state index in [1.165, 1.54) is 0 Å². The minimum absolute atomic E-state index is 0.0411. The maximum atomic E-state index is 11.1. The van der Waals surface area contributed by atoms with Crippen LogP contribution in [0.1, 0.15) is 45.3 Å². The van der Waals surface area contributed by atoms with Crippen LogP contribution in [-0.2, 0) is 14.0 Å². The van der Waals surface area contributed by atoms with E-state index in [4.69, 9.17) is 14.3 Å². The molecule has 0 saturated carbocycles. The molecule has 2 rings (SSSR count). The Kier molecular flexibility index (Phi) is 5.83. The summed E-state index contributed by atoms with van der Waals surface area (Å²) in [6.45, 7) is 11.6. The predicted octanol–water partition coefficient (Wildman–Crippen LogP) is 4.02. The summed E-state index contributed by atoms with van der Waals surface area (Å²) in [5, 5.41) is 9.20. The van der Waals surface area contributed by atoms with Gasteiger partial charge in [-0.1, -0.05) is 26.8 Å². The summed E-state index contributed by atoms with van der Waals surface area (Å²) >= 11 is 0. The molecule has 0 bridgehead atoms. The van der Waals surface area contributed by atoms with Gasteiger partial charge in [0.15, 0.2) is 8.32 Å². The highest BCUT2D eigenvalue weighted by atomic mass is 28.4. The van der Waals surface area contributed by atoms with Gasteiger partial charge in [0, 0.05) is 24.7 Å². The molecule has 2 heterocycles. The van der Waals surface area contributed by atoms with E-state index < -0.39 is 14.3 Å². The number of ether oxygens (including phenoxy) is 1. The zero-order chi connectivity index (χ0) is 18.0. The van der Waals surface area contributed by atoms with Gasteiger partial charge in [0.25, 0.3) is 0 Å². The third-order valence-electron chi connectivity index (χ3n) is 5.26. The Bertz CT molecular complexity index is 556. The number of rotatable bonds is 6. The number of hydrogen-bond donors (Lipinski definition) is 1. The van der Waals surface area contributed by atoms with Gasteiger partial charge in [0.2, 0.25) is 0 Å². The third-order valence-corrected chi connectivity index (χ3v) is 9.77. The number of carbonyl (C=O) groups is 1. The lowest BCUT2D eigenvalue weighted by Crippen LogP contribution is -2.45. The molecule has 0 amide bonds. The molecular formula is C18H29NO4Si. The van der Waals surface area contributed by atoms with Gasteiger partial charge in [0.1, 0.15) is 0 Å². The molecule has 6 heteroatoms. The number of pyridine rings is 1. The largest absolute Gasteiger partial charge is 0.481 e. The molecule has 3 atom stereocenters. The Morgan fingerprint density at radius 1 is 1.46 bits per heavy atom. The first-order chi connectivity index (χ1) is 11.1. The highest BCUT2D eigenvalue weighted by molar-refractivity contribution is 6.74. The van der Waals surface area contributed by atoms with E-state index >= 15 is 0 Å². The van der Waals surface area contributed by atoms with E-state index in [9.17, 15) is 4.79 Å². The number of aliphatic carboxylic acids is 1. The average Bonchev–Trinajstić information content (AvgIpc) is 2.87. The normalized spacial score (nSPS) is 25.0. The van der Waals surface area contributed by atoms with Crippen LogP contribution in [0.25, 0.3) is 0 Å². The van der Waals surface area contributed by atoms with Gasteiger partial charge in [0.05, 0.1) is 18.8 Å². The van der Waals surface area contributed by atoms with Crippen molar-refractivity contribution < 1.29 is 19.1 Å². The van der Waals surface area contributed by atoms with Gasteiger partial charge in [-0.25, -0.2) is 0 Å². The Balaban J connectivity index is 2.19. The van der Waals surface area contributed by atoms with Crippen molar-refractivity contribution in [2.45, 2.75) is 64.0 Å². The van der Waals surface area contributed by atoms with Gasteiger partial charge in [-0.15, -0.1) is 0 Å². The molecule has 134 valence electrons. The van der Waals surface area contributed by atoms with E-state index in [-0.39, 0.29) is 29.6 Å². The van der Waals surface area contributed by atoms with Crippen LogP contribution in [0.4, 0.5) is 0 Å². The smallest absolute Gasteiger partial charge is 0.303 e. The van der Waals surface area contributed by atoms with E-state index in [1.54, 1.807) is 12.4 Å². The van der Waals surface area contributed by atoms with Gasteiger partial charge < -0.3 is 14.3 Å². The molecule has 1 saturated heterocycles. The van der Waals surface area contributed by atoms with E-state index in [2.05, 4.69) is 38.8 Å². The summed E-state index contributed by atoms with van der Waals surface area (Å²) < 4.78 is 12.6. The molecule has 0 aliphatic carbocycles. The second-order valence-electron chi connectivity index (χ2n) is 8.05. The maximum absolute atomic E-state index is 11.1. The molecule has 0 radical (unpaired) electrons. The number of nitrogens with zero attached hydrogens (tertiary/aromatic N) is 1. The Morgan fingerprint density at radius 3 is 2.71 bits per heavy atom. The fourth-order valence-corrected chi connectivity index (χ4v) is 4.19. The third kappa shape index (κ3) is 4.43. The molecule has 1 N–H and O–H groups in total. The van der Waals surface area contributed by atoms with Gasteiger partial charge in [-0.2, -0.15) is 0 Å². The van der Waals surface area contributed by atoms with Gasteiger partial charge in [-0.3, -0.25) is 9.78 Å². The predicted molar refractivity (Wildman–Crippen MR) is 95.4 cm³/mol. The summed E-state index contributed by atoms with van der Waals surface area (Å²) in [4.78, 5) is 15.2. The average molecular weight is 352 g/mol. The van der Waals surface area contributed by atoms with Gasteiger partial charge >= 0.3 is 5.97 Å². The molecule has 0 aromatic carbocycles. The van der Waals surface area contributed by atoms with E-state index in [0.29, 0.717) is 13.0 Å². The number of carboxylic acids is 1. The second-order valence-corrected chi connectivity index (χ2v) is 12.8. The molecule has 24 heavy (non-hydrogen) atoms. The lowest BCUT2D eigenvalue weighted by atomic mass is 9.90. The minimum Gasteiger partial charge on any atom is -0.481 e. The molecule has 0 unspecified atom stereocenters. The molecule has 1 fully saturated rings. The summed E-state index contributed by atoms with van der Waals surface area (Å²) in [5.74, 6) is -0.739. The summed E-state index contributed by atoms with van der Waals surface area (Å²) in [6.07, 6.45) is 4.00. The van der Waals surface area contributed by atoms with E-state index in [1.807, 2.05) is 12.1 Å². The van der Waals surface area contributed by atoms with Crippen LogP contribution in [0.3, 0.4) is 0 Å². The van der Waals surface area contributed by atoms with Crippen molar-refractivity contribution >= 4 is 14.3 Å². The Hall–Kier alpha value is -1.24. The van der Waals surface area contributed by atoms with Crippen molar-refractivity contribution in [3.63, 3.8) is 0 Å². The second kappa shape index (κ2) is 7.33. The monoisotopic (exact) mass is 351 g/mol. The van der Waals surface area contributed by atoms with Crippen LogP contribution in [0.15, 0.2) is 24.5 Å². The standard InChI is InChI=1S/C18H29NO4Si/c1-18(2,3)24(4,5)23-15-12-22-17(13-7-6-10-19-11-13)14(15)8-9-16(20)21/h6-7,10-11,14-15,17H,8-9,12H2,1-5H3,(H,20,21)/t14-,15-,17-/m1/s1. The van der Waals surface area contributed by atoms with Crippen molar-refractivity contribution in [3.8, 4) is 0 Å². The van der Waals surface area contributed by atoms with Crippen molar-refractivity contribution in [1.82, 2.24) is 4.98 Å². The first-order valence-corrected chi connectivity index (χ1v) is 11.4. The van der Waals surface area contributed by atoms with Crippen LogP contribution in [0.5, 0.6) is 0 Å². The summed E-state index contributed by atoms with van der Waals surface area (Å²) in [6, 6.07) is 3.87. The Labute approximate surface area is 145 Å². The highest BCUT2D eigenvalue weighted by Crippen LogP contribution is 2.44. The molecule has 0 spiro atoms. The van der Waals surface area contributed by atoms with Crippen LogP contribution in [-0.4, -0.2) is 37.1 Å². The molecule has 5 nitrogen and oxygen atoms in total. The lowest BCUT2D eigenvalue weighted by molar-refractivity contribution is -0.137. The molecule has 1 aromatic rings. The minimum atomic E-state index is -1.94. The van der Waals surface area contributed by atoms with Crippen molar-refractivity contribution in [2.24, 2.45) is 5.92 Å². The number of hydrogen-bond acceptors (Lipinski definition) is 4. The zero-order valence-electron chi connectivity index (χ0n) is 15.3. The zero-order valence-corrected chi connectivity index (χ0v) is 16.3. The first-order valence-electron chi connectivity index (χ1n) is 8.53. The Morgan fingerprint density at radius 2 is 2.17 bits per heavy atom. The van der Waals surface area contributed by atoms with Crippen LogP contribution >= 0.6 is 0 Å². The van der Waals surface area contributed by atoms with Crippen molar-refractivity contribution in [2.75, 3.05) is 6.61 Å². The van der Waals surface area contributed by atoms with Crippen molar-refractivity contribution in [3.05, 3.63) is 30.1 Å². The quantitative estimate of drug-likeness (QED) is 0.784.